The SMILES string of the molecule is CN(C)CC1(O)CCN(C(=O)c2cc(C3CC3)[nH]n2)C1. The second-order valence-electron chi connectivity index (χ2n) is 6.42. The highest BCUT2D eigenvalue weighted by Gasteiger charge is 2.39. The van der Waals surface area contributed by atoms with Crippen molar-refractivity contribution in [3.05, 3.63) is 17.5 Å². The third-order valence-electron chi connectivity index (χ3n) is 4.06. The molecule has 1 aliphatic heterocycles. The van der Waals surface area contributed by atoms with Gasteiger partial charge in [-0.15, -0.1) is 0 Å². The molecule has 2 heterocycles. The number of likely N-dealkylation sites (tertiary alicyclic amines) is 1. The molecule has 20 heavy (non-hydrogen) atoms. The number of aromatic nitrogens is 2. The molecule has 0 aromatic carbocycles. The number of hydrogen-bond acceptors (Lipinski definition) is 4. The maximum atomic E-state index is 12.4. The van der Waals surface area contributed by atoms with E-state index in [0.29, 0.717) is 37.7 Å². The lowest BCUT2D eigenvalue weighted by atomic mass is 10.0. The highest BCUT2D eigenvalue weighted by Crippen LogP contribution is 2.39. The van der Waals surface area contributed by atoms with Crippen molar-refractivity contribution in [2.45, 2.75) is 30.8 Å². The van der Waals surface area contributed by atoms with Gasteiger partial charge in [-0.2, -0.15) is 5.10 Å². The maximum absolute atomic E-state index is 12.4. The molecule has 2 N–H and O–H groups in total. The summed E-state index contributed by atoms with van der Waals surface area (Å²) < 4.78 is 0. The zero-order chi connectivity index (χ0) is 14.3. The number of aliphatic hydroxyl groups is 1. The van der Waals surface area contributed by atoms with Gasteiger partial charge in [0.05, 0.1) is 12.1 Å². The number of carbonyl (C=O) groups excluding carboxylic acids is 1. The van der Waals surface area contributed by atoms with Gasteiger partial charge in [0, 0.05) is 24.7 Å². The Morgan fingerprint density at radius 1 is 1.60 bits per heavy atom. The minimum Gasteiger partial charge on any atom is -0.387 e. The summed E-state index contributed by atoms with van der Waals surface area (Å²) >= 11 is 0. The summed E-state index contributed by atoms with van der Waals surface area (Å²) in [6, 6.07) is 1.86. The first kappa shape index (κ1) is 13.6. The van der Waals surface area contributed by atoms with Crippen LogP contribution in [-0.2, 0) is 0 Å². The monoisotopic (exact) mass is 278 g/mol. The predicted molar refractivity (Wildman–Crippen MR) is 74.6 cm³/mol. The Labute approximate surface area is 118 Å². The van der Waals surface area contributed by atoms with Gasteiger partial charge in [0.2, 0.25) is 0 Å². The zero-order valence-electron chi connectivity index (χ0n) is 12.1. The number of nitrogens with one attached hydrogen (secondary N) is 1. The van der Waals surface area contributed by atoms with Crippen LogP contribution in [0.15, 0.2) is 6.07 Å². The molecular formula is C14H22N4O2. The summed E-state index contributed by atoms with van der Waals surface area (Å²) in [6.07, 6.45) is 2.99. The molecule has 0 spiro atoms. The Hall–Kier alpha value is -1.40. The zero-order valence-corrected chi connectivity index (χ0v) is 12.1. The van der Waals surface area contributed by atoms with Crippen molar-refractivity contribution >= 4 is 5.91 Å². The summed E-state index contributed by atoms with van der Waals surface area (Å²) in [5.74, 6) is 0.483. The van der Waals surface area contributed by atoms with Crippen LogP contribution in [-0.4, -0.2) is 70.3 Å². The molecule has 110 valence electrons. The maximum Gasteiger partial charge on any atom is 0.274 e. The van der Waals surface area contributed by atoms with E-state index >= 15 is 0 Å². The second-order valence-corrected chi connectivity index (χ2v) is 6.42. The molecule has 3 rings (SSSR count). The van der Waals surface area contributed by atoms with Gasteiger partial charge in [-0.05, 0) is 39.4 Å². The number of nitrogens with zero attached hydrogens (tertiary/aromatic N) is 3. The molecule has 6 nitrogen and oxygen atoms in total. The lowest BCUT2D eigenvalue weighted by molar-refractivity contribution is 0.0235. The van der Waals surface area contributed by atoms with Crippen molar-refractivity contribution in [1.82, 2.24) is 20.0 Å². The van der Waals surface area contributed by atoms with Crippen LogP contribution in [0.5, 0.6) is 0 Å². The van der Waals surface area contributed by atoms with Crippen LogP contribution in [0.3, 0.4) is 0 Å². The predicted octanol–water partition coefficient (Wildman–Crippen LogP) is 0.426. The molecule has 1 saturated carbocycles. The van der Waals surface area contributed by atoms with E-state index in [9.17, 15) is 9.90 Å². The minimum atomic E-state index is -0.797. The normalized spacial score (nSPS) is 26.5. The van der Waals surface area contributed by atoms with Crippen molar-refractivity contribution in [3.63, 3.8) is 0 Å². The fourth-order valence-corrected chi connectivity index (χ4v) is 2.96. The fraction of sp³-hybridized carbons (Fsp3) is 0.714. The molecule has 1 saturated heterocycles. The van der Waals surface area contributed by atoms with Gasteiger partial charge >= 0.3 is 0 Å². The van der Waals surface area contributed by atoms with Crippen LogP contribution in [0.2, 0.25) is 0 Å². The number of hydrogen-bond donors (Lipinski definition) is 2. The van der Waals surface area contributed by atoms with E-state index in [1.54, 1.807) is 4.90 Å². The Morgan fingerprint density at radius 3 is 3.00 bits per heavy atom. The van der Waals surface area contributed by atoms with E-state index < -0.39 is 5.60 Å². The van der Waals surface area contributed by atoms with Gasteiger partial charge < -0.3 is 14.9 Å². The third kappa shape index (κ3) is 2.71. The van der Waals surface area contributed by atoms with Gasteiger partial charge in [0.25, 0.3) is 5.91 Å². The Kier molecular flexibility index (Phi) is 3.30. The van der Waals surface area contributed by atoms with Gasteiger partial charge in [-0.3, -0.25) is 9.89 Å². The first-order valence-electron chi connectivity index (χ1n) is 7.18. The second kappa shape index (κ2) is 4.86. The van der Waals surface area contributed by atoms with Crippen LogP contribution in [0.1, 0.15) is 41.4 Å². The largest absolute Gasteiger partial charge is 0.387 e. The first-order valence-corrected chi connectivity index (χ1v) is 7.18. The van der Waals surface area contributed by atoms with Gasteiger partial charge in [-0.1, -0.05) is 0 Å². The van der Waals surface area contributed by atoms with Crippen molar-refractivity contribution in [1.29, 1.82) is 0 Å². The quantitative estimate of drug-likeness (QED) is 0.837. The number of likely N-dealkylation sites (N-methyl/N-ethyl adjacent to an activating group) is 1. The Balaban J connectivity index is 1.65. The van der Waals surface area contributed by atoms with E-state index in [0.717, 1.165) is 5.69 Å². The molecule has 6 heteroatoms. The Bertz CT molecular complexity index is 509. The highest BCUT2D eigenvalue weighted by molar-refractivity contribution is 5.92. The van der Waals surface area contributed by atoms with Gasteiger partial charge in [0.15, 0.2) is 0 Å². The standard InChI is InChI=1S/C14H22N4O2/c1-17(2)8-14(20)5-6-18(9-14)13(19)12-7-11(15-16-12)10-3-4-10/h7,10,20H,3-6,8-9H2,1-2H3,(H,15,16). The summed E-state index contributed by atoms with van der Waals surface area (Å²) in [4.78, 5) is 16.1. The topological polar surface area (TPSA) is 72.5 Å². The number of β-amino-alcohol motifs (C(OH)–C–C–N with tert-alkyl or cyclic N) is 1. The molecule has 1 atom stereocenters. The lowest BCUT2D eigenvalue weighted by Crippen LogP contribution is -2.43. The van der Waals surface area contributed by atoms with Gasteiger partial charge in [-0.25, -0.2) is 0 Å². The molecular weight excluding hydrogens is 256 g/mol. The lowest BCUT2D eigenvalue weighted by Gasteiger charge is -2.26. The molecule has 1 aromatic heterocycles. The van der Waals surface area contributed by atoms with Gasteiger partial charge in [0.1, 0.15) is 5.69 Å². The van der Waals surface area contributed by atoms with Crippen LogP contribution in [0, 0.1) is 0 Å². The van der Waals surface area contributed by atoms with Crippen LogP contribution in [0.4, 0.5) is 0 Å². The first-order chi connectivity index (χ1) is 9.47. The summed E-state index contributed by atoms with van der Waals surface area (Å²) in [6.45, 7) is 1.55. The number of aromatic amines is 1. The average Bonchev–Trinajstić information content (AvgIpc) is 2.97. The molecule has 1 unspecified atom stereocenters. The molecule has 1 aromatic rings. The van der Waals surface area contributed by atoms with E-state index in [1.165, 1.54) is 12.8 Å². The van der Waals surface area contributed by atoms with Crippen LogP contribution < -0.4 is 0 Å². The smallest absolute Gasteiger partial charge is 0.274 e. The summed E-state index contributed by atoms with van der Waals surface area (Å²) in [7, 11) is 3.86. The van der Waals surface area contributed by atoms with E-state index in [1.807, 2.05) is 25.1 Å². The number of rotatable bonds is 4. The van der Waals surface area contributed by atoms with Crippen molar-refractivity contribution in [3.8, 4) is 0 Å². The van der Waals surface area contributed by atoms with Crippen molar-refractivity contribution < 1.29 is 9.90 Å². The molecule has 0 bridgehead atoms. The van der Waals surface area contributed by atoms with Crippen molar-refractivity contribution in [2.24, 2.45) is 0 Å². The van der Waals surface area contributed by atoms with E-state index in [-0.39, 0.29) is 5.91 Å². The average molecular weight is 278 g/mol. The third-order valence-corrected chi connectivity index (χ3v) is 4.06. The van der Waals surface area contributed by atoms with Crippen molar-refractivity contribution in [2.75, 3.05) is 33.7 Å². The fourth-order valence-electron chi connectivity index (χ4n) is 2.96. The van der Waals surface area contributed by atoms with E-state index in [4.69, 9.17) is 0 Å². The summed E-state index contributed by atoms with van der Waals surface area (Å²) in [5.41, 5.74) is 0.742. The highest BCUT2D eigenvalue weighted by atomic mass is 16.3. The number of amides is 1. The van der Waals surface area contributed by atoms with Crippen LogP contribution in [0.25, 0.3) is 0 Å². The molecule has 0 radical (unpaired) electrons. The number of carbonyl (C=O) groups is 1. The number of H-pyrrole nitrogens is 1. The molecule has 2 fully saturated rings. The molecule has 1 aliphatic carbocycles. The molecule has 1 amide bonds. The van der Waals surface area contributed by atoms with Crippen LogP contribution >= 0.6 is 0 Å². The van der Waals surface area contributed by atoms with E-state index in [2.05, 4.69) is 10.2 Å². The minimum absolute atomic E-state index is 0.0807. The molecule has 2 aliphatic rings. The summed E-state index contributed by atoms with van der Waals surface area (Å²) in [5, 5.41) is 17.5. The Morgan fingerprint density at radius 2 is 2.35 bits per heavy atom.